The lowest BCUT2D eigenvalue weighted by Gasteiger charge is -2.08. The summed E-state index contributed by atoms with van der Waals surface area (Å²) >= 11 is 0. The average Bonchev–Trinajstić information content (AvgIpc) is 3.11. The zero-order valence-electron chi connectivity index (χ0n) is 17.7. The topological polar surface area (TPSA) is 34.0 Å². The number of benzene rings is 3. The van der Waals surface area contributed by atoms with Gasteiger partial charge in [-0.2, -0.15) is 0 Å². The summed E-state index contributed by atoms with van der Waals surface area (Å²) in [4.78, 5) is 12.4. The van der Waals surface area contributed by atoms with Crippen molar-refractivity contribution in [3.8, 4) is 0 Å². The van der Waals surface area contributed by atoms with Crippen LogP contribution in [0.4, 0.5) is 0 Å². The van der Waals surface area contributed by atoms with Crippen molar-refractivity contribution in [1.82, 2.24) is 9.88 Å². The summed E-state index contributed by atoms with van der Waals surface area (Å²) in [5.41, 5.74) is 7.42. The largest absolute Gasteiger partial charge is 0.352 e. The fourth-order valence-electron chi connectivity index (χ4n) is 3.87. The van der Waals surface area contributed by atoms with Crippen molar-refractivity contribution in [3.05, 3.63) is 107 Å². The lowest BCUT2D eigenvalue weighted by molar-refractivity contribution is -0.121. The van der Waals surface area contributed by atoms with E-state index in [0.29, 0.717) is 13.0 Å². The second-order valence-corrected chi connectivity index (χ2v) is 7.99. The predicted octanol–water partition coefficient (Wildman–Crippen LogP) is 5.56. The molecule has 0 atom stereocenters. The van der Waals surface area contributed by atoms with Crippen molar-refractivity contribution in [3.63, 3.8) is 0 Å². The minimum Gasteiger partial charge on any atom is -0.352 e. The van der Waals surface area contributed by atoms with Crippen LogP contribution in [-0.2, 0) is 24.3 Å². The standard InChI is InChI=1S/C27H28N2O/c1-20-11-13-22(14-12-20)17-28-27(30)16-15-24-19-29(26-10-6-5-9-25(24)26)18-23-8-4-3-7-21(23)2/h3-14,19H,15-18H2,1-2H3,(H,28,30). The molecule has 1 amide bonds. The van der Waals surface area contributed by atoms with Gasteiger partial charge in [0.25, 0.3) is 0 Å². The van der Waals surface area contributed by atoms with Gasteiger partial charge in [-0.15, -0.1) is 0 Å². The Morgan fingerprint density at radius 2 is 1.60 bits per heavy atom. The molecule has 1 N–H and O–H groups in total. The van der Waals surface area contributed by atoms with Crippen LogP contribution >= 0.6 is 0 Å². The maximum atomic E-state index is 12.4. The molecule has 3 aromatic carbocycles. The summed E-state index contributed by atoms with van der Waals surface area (Å²) in [5.74, 6) is 0.0892. The first-order valence-electron chi connectivity index (χ1n) is 10.5. The van der Waals surface area contributed by atoms with Crippen LogP contribution in [0, 0.1) is 13.8 Å². The van der Waals surface area contributed by atoms with Gasteiger partial charge < -0.3 is 9.88 Å². The number of rotatable bonds is 7. The Kier molecular flexibility index (Phi) is 5.99. The molecule has 1 heterocycles. The van der Waals surface area contributed by atoms with Gasteiger partial charge in [-0.05, 0) is 48.6 Å². The molecule has 0 aliphatic carbocycles. The quantitative estimate of drug-likeness (QED) is 0.436. The molecule has 0 aliphatic rings. The Morgan fingerprint density at radius 3 is 2.40 bits per heavy atom. The molecule has 4 aromatic rings. The maximum Gasteiger partial charge on any atom is 0.220 e. The number of aromatic nitrogens is 1. The van der Waals surface area contributed by atoms with Crippen LogP contribution in [-0.4, -0.2) is 10.5 Å². The zero-order chi connectivity index (χ0) is 20.9. The van der Waals surface area contributed by atoms with Gasteiger partial charge in [-0.3, -0.25) is 4.79 Å². The van der Waals surface area contributed by atoms with Crippen LogP contribution in [0.1, 0.15) is 34.2 Å². The fraction of sp³-hybridized carbons (Fsp3) is 0.222. The average molecular weight is 397 g/mol. The molecule has 0 unspecified atom stereocenters. The third-order valence-electron chi connectivity index (χ3n) is 5.70. The van der Waals surface area contributed by atoms with E-state index in [1.807, 2.05) is 0 Å². The SMILES string of the molecule is Cc1ccc(CNC(=O)CCc2cn(Cc3ccccc3C)c3ccccc23)cc1. The molecule has 0 aliphatic heterocycles. The van der Waals surface area contributed by atoms with Crippen molar-refractivity contribution in [2.45, 2.75) is 39.8 Å². The minimum absolute atomic E-state index is 0.0892. The molecule has 4 rings (SSSR count). The van der Waals surface area contributed by atoms with E-state index in [1.54, 1.807) is 0 Å². The Bertz CT molecular complexity index is 1160. The van der Waals surface area contributed by atoms with Gasteiger partial charge in [-0.25, -0.2) is 0 Å². The van der Waals surface area contributed by atoms with Crippen LogP contribution in [0.3, 0.4) is 0 Å². The number of amides is 1. The molecule has 0 spiro atoms. The van der Waals surface area contributed by atoms with E-state index in [9.17, 15) is 4.79 Å². The summed E-state index contributed by atoms with van der Waals surface area (Å²) in [5, 5.41) is 4.28. The molecule has 3 nitrogen and oxygen atoms in total. The third-order valence-corrected chi connectivity index (χ3v) is 5.70. The third kappa shape index (κ3) is 4.62. The molecule has 0 fully saturated rings. The second-order valence-electron chi connectivity index (χ2n) is 7.99. The Labute approximate surface area is 178 Å². The summed E-state index contributed by atoms with van der Waals surface area (Å²) in [6, 6.07) is 25.2. The number of nitrogens with one attached hydrogen (secondary N) is 1. The highest BCUT2D eigenvalue weighted by atomic mass is 16.1. The first kappa shape index (κ1) is 20.0. The first-order chi connectivity index (χ1) is 14.6. The number of carbonyl (C=O) groups is 1. The van der Waals surface area contributed by atoms with E-state index in [2.05, 4.69) is 103 Å². The van der Waals surface area contributed by atoms with Crippen LogP contribution in [0.25, 0.3) is 10.9 Å². The van der Waals surface area contributed by atoms with Crippen molar-refractivity contribution >= 4 is 16.8 Å². The van der Waals surface area contributed by atoms with Gasteiger partial charge in [0.05, 0.1) is 0 Å². The lowest BCUT2D eigenvalue weighted by Crippen LogP contribution is -2.22. The lowest BCUT2D eigenvalue weighted by atomic mass is 10.1. The molecule has 0 bridgehead atoms. The number of fused-ring (bicyclic) bond motifs is 1. The fourth-order valence-corrected chi connectivity index (χ4v) is 3.87. The first-order valence-corrected chi connectivity index (χ1v) is 10.5. The highest BCUT2D eigenvalue weighted by Gasteiger charge is 2.11. The number of hydrogen-bond acceptors (Lipinski definition) is 1. The van der Waals surface area contributed by atoms with E-state index >= 15 is 0 Å². The van der Waals surface area contributed by atoms with Crippen LogP contribution in [0.5, 0.6) is 0 Å². The molecule has 152 valence electrons. The van der Waals surface area contributed by atoms with E-state index in [4.69, 9.17) is 0 Å². The predicted molar refractivity (Wildman–Crippen MR) is 124 cm³/mol. The molecule has 1 aromatic heterocycles. The maximum absolute atomic E-state index is 12.4. The van der Waals surface area contributed by atoms with Crippen LogP contribution < -0.4 is 5.32 Å². The van der Waals surface area contributed by atoms with Crippen molar-refractivity contribution in [2.75, 3.05) is 0 Å². The van der Waals surface area contributed by atoms with E-state index in [0.717, 1.165) is 18.5 Å². The molecule has 3 heteroatoms. The molecule has 0 saturated heterocycles. The molecule has 0 radical (unpaired) electrons. The normalized spacial score (nSPS) is 11.0. The summed E-state index contributed by atoms with van der Waals surface area (Å²) < 4.78 is 2.30. The Hall–Kier alpha value is -3.33. The molecule has 30 heavy (non-hydrogen) atoms. The zero-order valence-corrected chi connectivity index (χ0v) is 17.7. The molecule has 0 saturated carbocycles. The highest BCUT2D eigenvalue weighted by Crippen LogP contribution is 2.24. The van der Waals surface area contributed by atoms with Crippen LogP contribution in [0.15, 0.2) is 79.0 Å². The van der Waals surface area contributed by atoms with Gasteiger partial charge in [0.15, 0.2) is 0 Å². The molecular formula is C27H28N2O. The van der Waals surface area contributed by atoms with Crippen molar-refractivity contribution < 1.29 is 4.79 Å². The van der Waals surface area contributed by atoms with Gasteiger partial charge >= 0.3 is 0 Å². The summed E-state index contributed by atoms with van der Waals surface area (Å²) in [6.07, 6.45) is 3.44. The van der Waals surface area contributed by atoms with Crippen LogP contribution in [0.2, 0.25) is 0 Å². The summed E-state index contributed by atoms with van der Waals surface area (Å²) in [7, 11) is 0. The van der Waals surface area contributed by atoms with Gasteiger partial charge in [0.2, 0.25) is 5.91 Å². The highest BCUT2D eigenvalue weighted by molar-refractivity contribution is 5.85. The van der Waals surface area contributed by atoms with Gasteiger partial charge in [-0.1, -0.05) is 72.3 Å². The Balaban J connectivity index is 1.44. The number of aryl methyl sites for hydroxylation is 3. The number of hydrogen-bond donors (Lipinski definition) is 1. The number of carbonyl (C=O) groups excluding carboxylic acids is 1. The molecular weight excluding hydrogens is 368 g/mol. The minimum atomic E-state index is 0.0892. The van der Waals surface area contributed by atoms with Gasteiger partial charge in [0, 0.05) is 36.6 Å². The monoisotopic (exact) mass is 396 g/mol. The summed E-state index contributed by atoms with van der Waals surface area (Å²) in [6.45, 7) is 5.64. The Morgan fingerprint density at radius 1 is 0.867 bits per heavy atom. The van der Waals surface area contributed by atoms with E-state index in [1.165, 1.54) is 33.2 Å². The van der Waals surface area contributed by atoms with Crippen molar-refractivity contribution in [2.24, 2.45) is 0 Å². The van der Waals surface area contributed by atoms with Crippen molar-refractivity contribution in [1.29, 1.82) is 0 Å². The smallest absolute Gasteiger partial charge is 0.220 e. The van der Waals surface area contributed by atoms with E-state index in [-0.39, 0.29) is 5.91 Å². The number of nitrogens with zero attached hydrogens (tertiary/aromatic N) is 1. The second kappa shape index (κ2) is 9.00. The van der Waals surface area contributed by atoms with Gasteiger partial charge in [0.1, 0.15) is 0 Å². The van der Waals surface area contributed by atoms with E-state index < -0.39 is 0 Å². The number of para-hydroxylation sites is 1.